The lowest BCUT2D eigenvalue weighted by Crippen LogP contribution is -2.30. The van der Waals surface area contributed by atoms with Gasteiger partial charge in [0.25, 0.3) is 5.91 Å². The first-order valence-corrected chi connectivity index (χ1v) is 6.00. The van der Waals surface area contributed by atoms with Crippen molar-refractivity contribution in [2.75, 3.05) is 25.5 Å². The number of hydrogen-bond acceptors (Lipinski definition) is 3. The molecule has 0 saturated carbocycles. The van der Waals surface area contributed by atoms with Crippen LogP contribution in [0.5, 0.6) is 0 Å². The second-order valence-electron chi connectivity index (χ2n) is 3.84. The summed E-state index contributed by atoms with van der Waals surface area (Å²) < 4.78 is 0. The third kappa shape index (κ3) is 6.22. The summed E-state index contributed by atoms with van der Waals surface area (Å²) in [6.45, 7) is 3.07. The van der Waals surface area contributed by atoms with E-state index >= 15 is 0 Å². The molecular weight excluding hydrogens is 266 g/mol. The van der Waals surface area contributed by atoms with Gasteiger partial charge in [-0.2, -0.15) is 0 Å². The molecule has 0 fully saturated rings. The maximum Gasteiger partial charge on any atom is 0.251 e. The number of rotatable bonds is 6. The molecular formula is C13H20ClN3O2. The first-order valence-electron chi connectivity index (χ1n) is 6.00. The Balaban J connectivity index is 0.00000324. The molecule has 0 aliphatic heterocycles. The van der Waals surface area contributed by atoms with Crippen molar-refractivity contribution < 1.29 is 9.59 Å². The molecule has 1 aromatic rings. The molecule has 1 rings (SSSR count). The van der Waals surface area contributed by atoms with Gasteiger partial charge in [-0.05, 0) is 25.2 Å². The van der Waals surface area contributed by atoms with Crippen molar-refractivity contribution in [2.24, 2.45) is 0 Å². The van der Waals surface area contributed by atoms with E-state index in [1.165, 1.54) is 0 Å². The Kier molecular flexibility index (Phi) is 8.57. The topological polar surface area (TPSA) is 70.2 Å². The van der Waals surface area contributed by atoms with Crippen LogP contribution in [0.3, 0.4) is 0 Å². The van der Waals surface area contributed by atoms with Gasteiger partial charge in [-0.3, -0.25) is 9.59 Å². The van der Waals surface area contributed by atoms with E-state index in [-0.39, 0.29) is 24.2 Å². The molecule has 0 saturated heterocycles. The number of amides is 2. The second-order valence-corrected chi connectivity index (χ2v) is 3.84. The van der Waals surface area contributed by atoms with Gasteiger partial charge < -0.3 is 16.0 Å². The molecule has 0 radical (unpaired) electrons. The summed E-state index contributed by atoms with van der Waals surface area (Å²) in [7, 11) is 1.83. The van der Waals surface area contributed by atoms with Crippen molar-refractivity contribution in [1.29, 1.82) is 0 Å². The van der Waals surface area contributed by atoms with E-state index in [1.54, 1.807) is 31.2 Å². The van der Waals surface area contributed by atoms with Gasteiger partial charge in [0.05, 0.1) is 0 Å². The molecule has 0 unspecified atom stereocenters. The van der Waals surface area contributed by atoms with E-state index < -0.39 is 0 Å². The van der Waals surface area contributed by atoms with Crippen LogP contribution in [0.1, 0.15) is 23.7 Å². The monoisotopic (exact) mass is 285 g/mol. The lowest BCUT2D eigenvalue weighted by molar-refractivity contribution is -0.115. The minimum atomic E-state index is -0.141. The van der Waals surface area contributed by atoms with E-state index in [1.807, 2.05) is 7.05 Å². The molecule has 0 aromatic heterocycles. The van der Waals surface area contributed by atoms with Crippen LogP contribution in [-0.4, -0.2) is 32.0 Å². The van der Waals surface area contributed by atoms with Crippen molar-refractivity contribution in [1.82, 2.24) is 10.6 Å². The maximum atomic E-state index is 11.8. The zero-order chi connectivity index (χ0) is 13.4. The Bertz CT molecular complexity index is 424. The number of benzene rings is 1. The Labute approximate surface area is 119 Å². The van der Waals surface area contributed by atoms with E-state index in [2.05, 4.69) is 16.0 Å². The van der Waals surface area contributed by atoms with Crippen LogP contribution < -0.4 is 16.0 Å². The molecule has 3 N–H and O–H groups in total. The number of carbonyl (C=O) groups is 2. The highest BCUT2D eigenvalue weighted by Gasteiger charge is 2.06. The first kappa shape index (κ1) is 17.4. The number of carbonyl (C=O) groups excluding carboxylic acids is 2. The predicted molar refractivity (Wildman–Crippen MR) is 78.9 cm³/mol. The average molecular weight is 286 g/mol. The lowest BCUT2D eigenvalue weighted by Gasteiger charge is -2.07. The van der Waals surface area contributed by atoms with Gasteiger partial charge >= 0.3 is 0 Å². The van der Waals surface area contributed by atoms with Gasteiger partial charge in [0.15, 0.2) is 0 Å². The van der Waals surface area contributed by atoms with E-state index in [9.17, 15) is 9.59 Å². The number of halogens is 1. The number of nitrogens with one attached hydrogen (secondary N) is 3. The molecule has 0 aliphatic rings. The van der Waals surface area contributed by atoms with Gasteiger partial charge in [-0.1, -0.05) is 13.0 Å². The molecule has 0 heterocycles. The first-order chi connectivity index (χ1) is 8.67. The molecule has 0 bridgehead atoms. The van der Waals surface area contributed by atoms with Crippen LogP contribution in [-0.2, 0) is 4.79 Å². The minimum Gasteiger partial charge on any atom is -0.351 e. The molecule has 5 nitrogen and oxygen atoms in total. The fourth-order valence-corrected chi connectivity index (χ4v) is 1.39. The van der Waals surface area contributed by atoms with Crippen molar-refractivity contribution in [3.05, 3.63) is 29.8 Å². The van der Waals surface area contributed by atoms with E-state index in [0.29, 0.717) is 24.2 Å². The summed E-state index contributed by atoms with van der Waals surface area (Å²) in [4.78, 5) is 23.0. The Morgan fingerprint density at radius 1 is 1.21 bits per heavy atom. The summed E-state index contributed by atoms with van der Waals surface area (Å²) in [5, 5.41) is 8.45. The smallest absolute Gasteiger partial charge is 0.251 e. The van der Waals surface area contributed by atoms with Crippen LogP contribution in [0.2, 0.25) is 0 Å². The van der Waals surface area contributed by atoms with Crippen molar-refractivity contribution in [2.45, 2.75) is 13.3 Å². The molecule has 106 valence electrons. The maximum absolute atomic E-state index is 11.8. The van der Waals surface area contributed by atoms with Gasteiger partial charge in [-0.25, -0.2) is 0 Å². The third-order valence-electron chi connectivity index (χ3n) is 2.39. The highest BCUT2D eigenvalue weighted by Crippen LogP contribution is 2.10. The van der Waals surface area contributed by atoms with Gasteiger partial charge in [0, 0.05) is 30.8 Å². The van der Waals surface area contributed by atoms with E-state index in [0.717, 1.165) is 6.54 Å². The van der Waals surface area contributed by atoms with E-state index in [4.69, 9.17) is 0 Å². The van der Waals surface area contributed by atoms with Crippen LogP contribution in [0, 0.1) is 0 Å². The summed E-state index contributed by atoms with van der Waals surface area (Å²) >= 11 is 0. The molecule has 0 spiro atoms. The van der Waals surface area contributed by atoms with Crippen LogP contribution >= 0.6 is 12.4 Å². The van der Waals surface area contributed by atoms with Crippen molar-refractivity contribution >= 4 is 29.9 Å². The molecule has 19 heavy (non-hydrogen) atoms. The zero-order valence-corrected chi connectivity index (χ0v) is 12.0. The average Bonchev–Trinajstić information content (AvgIpc) is 2.39. The Morgan fingerprint density at radius 2 is 1.95 bits per heavy atom. The van der Waals surface area contributed by atoms with Gasteiger partial charge in [0.2, 0.25) is 5.91 Å². The van der Waals surface area contributed by atoms with Crippen LogP contribution in [0.25, 0.3) is 0 Å². The summed E-state index contributed by atoms with van der Waals surface area (Å²) in [6.07, 6.45) is 0.415. The molecule has 0 atom stereocenters. The summed E-state index contributed by atoms with van der Waals surface area (Å²) in [6, 6.07) is 6.90. The molecule has 2 amide bonds. The fraction of sp³-hybridized carbons (Fsp3) is 0.385. The quantitative estimate of drug-likeness (QED) is 0.692. The highest BCUT2D eigenvalue weighted by molar-refractivity contribution is 5.97. The van der Waals surface area contributed by atoms with Crippen molar-refractivity contribution in [3.63, 3.8) is 0 Å². The number of likely N-dealkylation sites (N-methyl/N-ethyl adjacent to an activating group) is 1. The van der Waals surface area contributed by atoms with Crippen molar-refractivity contribution in [3.8, 4) is 0 Å². The minimum absolute atomic E-state index is 0. The zero-order valence-electron chi connectivity index (χ0n) is 11.2. The highest BCUT2D eigenvalue weighted by atomic mass is 35.5. The largest absolute Gasteiger partial charge is 0.351 e. The Hall–Kier alpha value is -1.59. The number of hydrogen-bond donors (Lipinski definition) is 3. The lowest BCUT2D eigenvalue weighted by atomic mass is 10.2. The normalized spacial score (nSPS) is 9.37. The van der Waals surface area contributed by atoms with Gasteiger partial charge in [-0.15, -0.1) is 12.4 Å². The molecule has 1 aromatic carbocycles. The van der Waals surface area contributed by atoms with Gasteiger partial charge in [0.1, 0.15) is 0 Å². The SMILES string of the molecule is CCC(=O)Nc1cccc(C(=O)NCCNC)c1.Cl. The third-order valence-corrected chi connectivity index (χ3v) is 2.39. The summed E-state index contributed by atoms with van der Waals surface area (Å²) in [5.74, 6) is -0.208. The molecule has 6 heteroatoms. The standard InChI is InChI=1S/C13H19N3O2.ClH/c1-3-12(17)16-11-6-4-5-10(9-11)13(18)15-8-7-14-2;/h4-6,9,14H,3,7-8H2,1-2H3,(H,15,18)(H,16,17);1H. The second kappa shape index (κ2) is 9.35. The Morgan fingerprint density at radius 3 is 2.58 bits per heavy atom. The summed E-state index contributed by atoms with van der Waals surface area (Å²) in [5.41, 5.74) is 1.18. The van der Waals surface area contributed by atoms with Crippen LogP contribution in [0.4, 0.5) is 5.69 Å². The molecule has 0 aliphatic carbocycles. The number of anilines is 1. The van der Waals surface area contributed by atoms with Crippen LogP contribution in [0.15, 0.2) is 24.3 Å². The fourth-order valence-electron chi connectivity index (χ4n) is 1.39. The predicted octanol–water partition coefficient (Wildman–Crippen LogP) is 1.41.